The van der Waals surface area contributed by atoms with Gasteiger partial charge in [0.2, 0.25) is 0 Å². The van der Waals surface area contributed by atoms with Crippen LogP contribution in [0.2, 0.25) is 0 Å². The van der Waals surface area contributed by atoms with E-state index in [1.807, 2.05) is 33.0 Å². The van der Waals surface area contributed by atoms with E-state index >= 15 is 0 Å². The van der Waals surface area contributed by atoms with E-state index in [-0.39, 0.29) is 11.9 Å². The fourth-order valence-corrected chi connectivity index (χ4v) is 1.48. The minimum atomic E-state index is -0.267. The SMILES string of the molecule is CNC(C)c1ccc(F)cc1OCCN(C)C. The Balaban J connectivity index is 2.76. The molecular formula is C13H21FN2O. The number of hydrogen-bond donors (Lipinski definition) is 1. The fourth-order valence-electron chi connectivity index (χ4n) is 1.48. The number of ether oxygens (including phenoxy) is 1. The third-order valence-corrected chi connectivity index (χ3v) is 2.67. The first-order chi connectivity index (χ1) is 8.04. The zero-order valence-electron chi connectivity index (χ0n) is 11.0. The maximum absolute atomic E-state index is 13.2. The molecule has 0 aromatic heterocycles. The Bertz CT molecular complexity index is 355. The Morgan fingerprint density at radius 3 is 2.71 bits per heavy atom. The molecule has 1 N–H and O–H groups in total. The molecule has 3 nitrogen and oxygen atoms in total. The first-order valence-corrected chi connectivity index (χ1v) is 5.79. The van der Waals surface area contributed by atoms with Crippen molar-refractivity contribution < 1.29 is 9.13 Å². The molecule has 0 aliphatic rings. The van der Waals surface area contributed by atoms with Crippen LogP contribution in [0.5, 0.6) is 5.75 Å². The van der Waals surface area contributed by atoms with Crippen molar-refractivity contribution in [1.29, 1.82) is 0 Å². The molecular weight excluding hydrogens is 219 g/mol. The van der Waals surface area contributed by atoms with Gasteiger partial charge in [0.1, 0.15) is 18.2 Å². The molecule has 0 saturated heterocycles. The van der Waals surface area contributed by atoms with Crippen LogP contribution < -0.4 is 10.1 Å². The molecule has 0 aliphatic carbocycles. The zero-order chi connectivity index (χ0) is 12.8. The number of nitrogens with one attached hydrogen (secondary N) is 1. The molecule has 1 unspecified atom stereocenters. The highest BCUT2D eigenvalue weighted by atomic mass is 19.1. The monoisotopic (exact) mass is 240 g/mol. The summed E-state index contributed by atoms with van der Waals surface area (Å²) < 4.78 is 18.8. The maximum atomic E-state index is 13.2. The molecule has 0 spiro atoms. The molecule has 0 amide bonds. The summed E-state index contributed by atoms with van der Waals surface area (Å²) in [5.41, 5.74) is 0.979. The van der Waals surface area contributed by atoms with Crippen LogP contribution in [0.4, 0.5) is 4.39 Å². The Labute approximate surface area is 103 Å². The molecule has 1 rings (SSSR count). The second kappa shape index (κ2) is 6.57. The molecule has 1 atom stereocenters. The standard InChI is InChI=1S/C13H21FN2O/c1-10(15-2)12-6-5-11(14)9-13(12)17-8-7-16(3)4/h5-6,9-10,15H,7-8H2,1-4H3. The van der Waals surface area contributed by atoms with Gasteiger partial charge in [-0.15, -0.1) is 0 Å². The number of likely N-dealkylation sites (N-methyl/N-ethyl adjacent to an activating group) is 1. The summed E-state index contributed by atoms with van der Waals surface area (Å²) in [5.74, 6) is 0.352. The summed E-state index contributed by atoms with van der Waals surface area (Å²) in [5, 5.41) is 3.13. The molecule has 0 saturated carbocycles. The highest BCUT2D eigenvalue weighted by molar-refractivity contribution is 5.36. The van der Waals surface area contributed by atoms with E-state index in [4.69, 9.17) is 4.74 Å². The van der Waals surface area contributed by atoms with Crippen molar-refractivity contribution in [2.24, 2.45) is 0 Å². The van der Waals surface area contributed by atoms with Crippen LogP contribution in [0.15, 0.2) is 18.2 Å². The molecule has 0 radical (unpaired) electrons. The fraction of sp³-hybridized carbons (Fsp3) is 0.538. The summed E-state index contributed by atoms with van der Waals surface area (Å²) in [4.78, 5) is 2.03. The molecule has 4 heteroatoms. The van der Waals surface area contributed by atoms with E-state index in [2.05, 4.69) is 5.32 Å². The first kappa shape index (κ1) is 13.9. The van der Waals surface area contributed by atoms with Gasteiger partial charge < -0.3 is 15.0 Å². The van der Waals surface area contributed by atoms with Crippen LogP contribution in [-0.4, -0.2) is 39.2 Å². The van der Waals surface area contributed by atoms with Crippen molar-refractivity contribution in [3.8, 4) is 5.75 Å². The van der Waals surface area contributed by atoms with Gasteiger partial charge in [0.05, 0.1) is 0 Å². The Morgan fingerprint density at radius 2 is 2.12 bits per heavy atom. The average Bonchev–Trinajstić information content (AvgIpc) is 2.28. The number of benzene rings is 1. The van der Waals surface area contributed by atoms with Crippen molar-refractivity contribution >= 4 is 0 Å². The van der Waals surface area contributed by atoms with Crippen LogP contribution in [0, 0.1) is 5.82 Å². The van der Waals surface area contributed by atoms with Gasteiger partial charge in [-0.05, 0) is 34.1 Å². The minimum Gasteiger partial charge on any atom is -0.492 e. The van der Waals surface area contributed by atoms with Crippen LogP contribution in [0.25, 0.3) is 0 Å². The number of nitrogens with zero attached hydrogens (tertiary/aromatic N) is 1. The lowest BCUT2D eigenvalue weighted by molar-refractivity contribution is 0.257. The van der Waals surface area contributed by atoms with Crippen LogP contribution in [0.1, 0.15) is 18.5 Å². The molecule has 0 fully saturated rings. The van der Waals surface area contributed by atoms with E-state index in [1.165, 1.54) is 12.1 Å². The first-order valence-electron chi connectivity index (χ1n) is 5.79. The van der Waals surface area contributed by atoms with Crippen LogP contribution >= 0.6 is 0 Å². The van der Waals surface area contributed by atoms with Crippen LogP contribution in [-0.2, 0) is 0 Å². The normalized spacial score (nSPS) is 12.8. The molecule has 0 heterocycles. The highest BCUT2D eigenvalue weighted by Gasteiger charge is 2.11. The average molecular weight is 240 g/mol. The molecule has 0 aliphatic heterocycles. The lowest BCUT2D eigenvalue weighted by Gasteiger charge is -2.17. The third-order valence-electron chi connectivity index (χ3n) is 2.67. The predicted molar refractivity (Wildman–Crippen MR) is 67.9 cm³/mol. The van der Waals surface area contributed by atoms with Gasteiger partial charge in [-0.25, -0.2) is 4.39 Å². The summed E-state index contributed by atoms with van der Waals surface area (Å²) >= 11 is 0. The van der Waals surface area contributed by atoms with E-state index in [0.717, 1.165) is 12.1 Å². The van der Waals surface area contributed by atoms with Gasteiger partial charge in [-0.1, -0.05) is 6.07 Å². The number of hydrogen-bond acceptors (Lipinski definition) is 3. The Hall–Kier alpha value is -1.13. The second-order valence-electron chi connectivity index (χ2n) is 4.34. The smallest absolute Gasteiger partial charge is 0.127 e. The molecule has 0 bridgehead atoms. The Kier molecular flexibility index (Phi) is 5.38. The summed E-state index contributed by atoms with van der Waals surface area (Å²) in [7, 11) is 5.83. The summed E-state index contributed by atoms with van der Waals surface area (Å²) in [6.07, 6.45) is 0. The van der Waals surface area contributed by atoms with Crippen molar-refractivity contribution in [2.45, 2.75) is 13.0 Å². The number of halogens is 1. The van der Waals surface area contributed by atoms with Crippen molar-refractivity contribution in [3.05, 3.63) is 29.6 Å². The molecule has 1 aromatic carbocycles. The van der Waals surface area contributed by atoms with E-state index in [1.54, 1.807) is 6.07 Å². The molecule has 1 aromatic rings. The predicted octanol–water partition coefficient (Wildman–Crippen LogP) is 2.05. The van der Waals surface area contributed by atoms with Gasteiger partial charge in [-0.3, -0.25) is 0 Å². The molecule has 17 heavy (non-hydrogen) atoms. The summed E-state index contributed by atoms with van der Waals surface area (Å²) in [6.45, 7) is 3.38. The van der Waals surface area contributed by atoms with Crippen molar-refractivity contribution in [3.63, 3.8) is 0 Å². The zero-order valence-corrected chi connectivity index (χ0v) is 11.0. The maximum Gasteiger partial charge on any atom is 0.127 e. The quantitative estimate of drug-likeness (QED) is 0.823. The van der Waals surface area contributed by atoms with E-state index in [9.17, 15) is 4.39 Å². The lowest BCUT2D eigenvalue weighted by atomic mass is 10.1. The van der Waals surface area contributed by atoms with Gasteiger partial charge in [0.25, 0.3) is 0 Å². The lowest BCUT2D eigenvalue weighted by Crippen LogP contribution is -2.20. The van der Waals surface area contributed by atoms with Crippen molar-refractivity contribution in [2.75, 3.05) is 34.3 Å². The minimum absolute atomic E-state index is 0.143. The Morgan fingerprint density at radius 1 is 1.41 bits per heavy atom. The topological polar surface area (TPSA) is 24.5 Å². The van der Waals surface area contributed by atoms with Gasteiger partial charge in [0, 0.05) is 24.2 Å². The van der Waals surface area contributed by atoms with E-state index < -0.39 is 0 Å². The second-order valence-corrected chi connectivity index (χ2v) is 4.34. The largest absolute Gasteiger partial charge is 0.492 e. The van der Waals surface area contributed by atoms with Gasteiger partial charge >= 0.3 is 0 Å². The van der Waals surface area contributed by atoms with E-state index in [0.29, 0.717) is 12.4 Å². The highest BCUT2D eigenvalue weighted by Crippen LogP contribution is 2.25. The van der Waals surface area contributed by atoms with Crippen LogP contribution in [0.3, 0.4) is 0 Å². The number of rotatable bonds is 6. The van der Waals surface area contributed by atoms with Gasteiger partial charge in [-0.2, -0.15) is 0 Å². The van der Waals surface area contributed by atoms with Crippen molar-refractivity contribution in [1.82, 2.24) is 10.2 Å². The summed E-state index contributed by atoms with van der Waals surface area (Å²) in [6, 6.07) is 4.81. The third kappa shape index (κ3) is 4.32. The van der Waals surface area contributed by atoms with Gasteiger partial charge in [0.15, 0.2) is 0 Å². The molecule has 96 valence electrons.